The lowest BCUT2D eigenvalue weighted by atomic mass is 9.84. The Morgan fingerprint density at radius 3 is 2.53 bits per heavy atom. The topological polar surface area (TPSA) is 55.4 Å². The molecule has 1 aliphatic rings. The first-order valence-corrected chi connectivity index (χ1v) is 6.63. The minimum atomic E-state index is -0.597. The molecule has 0 saturated heterocycles. The summed E-state index contributed by atoms with van der Waals surface area (Å²) in [4.78, 5) is 23.7. The highest BCUT2D eigenvalue weighted by atomic mass is 16.5. The number of nitrogens with one attached hydrogen (secondary N) is 1. The Labute approximate surface area is 113 Å². The SMILES string of the molecule is COC(=O)[C@H](Cc1ccccc1)NC(=O)C1CCC1. The number of rotatable bonds is 5. The van der Waals surface area contributed by atoms with Gasteiger partial charge in [-0.15, -0.1) is 0 Å². The minimum absolute atomic E-state index is 0.0300. The monoisotopic (exact) mass is 261 g/mol. The third kappa shape index (κ3) is 3.56. The van der Waals surface area contributed by atoms with E-state index in [2.05, 4.69) is 5.32 Å². The lowest BCUT2D eigenvalue weighted by Crippen LogP contribution is -2.46. The van der Waals surface area contributed by atoms with Crippen molar-refractivity contribution in [3.63, 3.8) is 0 Å². The van der Waals surface area contributed by atoms with Gasteiger partial charge in [0.15, 0.2) is 0 Å². The number of hydrogen-bond donors (Lipinski definition) is 1. The van der Waals surface area contributed by atoms with E-state index in [4.69, 9.17) is 4.74 Å². The second kappa shape index (κ2) is 6.36. The molecule has 1 aromatic rings. The summed E-state index contributed by atoms with van der Waals surface area (Å²) in [5.41, 5.74) is 1.01. The van der Waals surface area contributed by atoms with Crippen molar-refractivity contribution in [2.24, 2.45) is 5.92 Å². The molecule has 1 amide bonds. The smallest absolute Gasteiger partial charge is 0.328 e. The van der Waals surface area contributed by atoms with Crippen molar-refractivity contribution in [2.75, 3.05) is 7.11 Å². The summed E-state index contributed by atoms with van der Waals surface area (Å²) in [5, 5.41) is 2.80. The van der Waals surface area contributed by atoms with Gasteiger partial charge in [0.2, 0.25) is 5.91 Å². The molecule has 19 heavy (non-hydrogen) atoms. The second-order valence-electron chi connectivity index (χ2n) is 4.90. The van der Waals surface area contributed by atoms with E-state index in [-0.39, 0.29) is 11.8 Å². The number of carbonyl (C=O) groups excluding carboxylic acids is 2. The molecule has 1 saturated carbocycles. The zero-order valence-electron chi connectivity index (χ0n) is 11.1. The lowest BCUT2D eigenvalue weighted by molar-refractivity contribution is -0.146. The lowest BCUT2D eigenvalue weighted by Gasteiger charge is -2.26. The van der Waals surface area contributed by atoms with Crippen LogP contribution in [-0.2, 0) is 20.7 Å². The molecular weight excluding hydrogens is 242 g/mol. The maximum Gasteiger partial charge on any atom is 0.328 e. The summed E-state index contributed by atoms with van der Waals surface area (Å²) in [7, 11) is 1.34. The van der Waals surface area contributed by atoms with Crippen molar-refractivity contribution >= 4 is 11.9 Å². The van der Waals surface area contributed by atoms with Crippen LogP contribution in [0.4, 0.5) is 0 Å². The number of carbonyl (C=O) groups is 2. The molecule has 1 aliphatic carbocycles. The molecule has 0 unspecified atom stereocenters. The molecule has 2 rings (SSSR count). The predicted molar refractivity (Wildman–Crippen MR) is 71.4 cm³/mol. The van der Waals surface area contributed by atoms with Crippen molar-refractivity contribution in [1.29, 1.82) is 0 Å². The fourth-order valence-corrected chi connectivity index (χ4v) is 2.15. The van der Waals surface area contributed by atoms with Gasteiger partial charge in [-0.25, -0.2) is 4.79 Å². The Kier molecular flexibility index (Phi) is 4.55. The normalized spacial score (nSPS) is 16.3. The summed E-state index contributed by atoms with van der Waals surface area (Å²) in [6, 6.07) is 9.02. The van der Waals surface area contributed by atoms with Gasteiger partial charge in [-0.3, -0.25) is 4.79 Å². The third-order valence-electron chi connectivity index (χ3n) is 3.56. The highest BCUT2D eigenvalue weighted by molar-refractivity contribution is 5.86. The van der Waals surface area contributed by atoms with Gasteiger partial charge in [0.1, 0.15) is 6.04 Å². The first kappa shape index (κ1) is 13.6. The molecule has 1 atom stereocenters. The summed E-state index contributed by atoms with van der Waals surface area (Å²) >= 11 is 0. The van der Waals surface area contributed by atoms with Gasteiger partial charge in [0.25, 0.3) is 0 Å². The number of ether oxygens (including phenoxy) is 1. The molecule has 1 N–H and O–H groups in total. The minimum Gasteiger partial charge on any atom is -0.467 e. The maximum absolute atomic E-state index is 11.9. The average molecular weight is 261 g/mol. The Balaban J connectivity index is 1.99. The summed E-state index contributed by atoms with van der Waals surface area (Å²) in [5.74, 6) is -0.350. The molecule has 0 aliphatic heterocycles. The van der Waals surface area contributed by atoms with E-state index in [0.29, 0.717) is 6.42 Å². The van der Waals surface area contributed by atoms with Crippen molar-refractivity contribution in [3.05, 3.63) is 35.9 Å². The fourth-order valence-electron chi connectivity index (χ4n) is 2.15. The zero-order valence-corrected chi connectivity index (χ0v) is 11.1. The molecule has 0 aromatic heterocycles. The summed E-state index contributed by atoms with van der Waals surface area (Å²) < 4.78 is 4.76. The predicted octanol–water partition coefficient (Wildman–Crippen LogP) is 1.69. The van der Waals surface area contributed by atoms with Crippen LogP contribution in [0.15, 0.2) is 30.3 Å². The van der Waals surface area contributed by atoms with Gasteiger partial charge in [-0.05, 0) is 18.4 Å². The maximum atomic E-state index is 11.9. The van der Waals surface area contributed by atoms with Gasteiger partial charge in [0.05, 0.1) is 7.11 Å². The average Bonchev–Trinajstić information content (AvgIpc) is 2.36. The molecular formula is C15H19NO3. The molecule has 4 heteroatoms. The molecule has 1 fully saturated rings. The molecule has 0 radical (unpaired) electrons. The number of benzene rings is 1. The van der Waals surface area contributed by atoms with Gasteiger partial charge in [0, 0.05) is 12.3 Å². The van der Waals surface area contributed by atoms with E-state index in [1.807, 2.05) is 30.3 Å². The fraction of sp³-hybridized carbons (Fsp3) is 0.467. The van der Waals surface area contributed by atoms with Gasteiger partial charge in [-0.2, -0.15) is 0 Å². The number of esters is 1. The van der Waals surface area contributed by atoms with E-state index < -0.39 is 12.0 Å². The molecule has 4 nitrogen and oxygen atoms in total. The van der Waals surface area contributed by atoms with Crippen LogP contribution in [0.1, 0.15) is 24.8 Å². The first-order valence-electron chi connectivity index (χ1n) is 6.63. The van der Waals surface area contributed by atoms with Crippen LogP contribution in [0.2, 0.25) is 0 Å². The van der Waals surface area contributed by atoms with Gasteiger partial charge < -0.3 is 10.1 Å². The van der Waals surface area contributed by atoms with E-state index in [1.54, 1.807) is 0 Å². The van der Waals surface area contributed by atoms with Gasteiger partial charge >= 0.3 is 5.97 Å². The van der Waals surface area contributed by atoms with Crippen LogP contribution in [0.25, 0.3) is 0 Å². The first-order chi connectivity index (χ1) is 9.20. The second-order valence-corrected chi connectivity index (χ2v) is 4.90. The molecule has 0 heterocycles. The standard InChI is InChI=1S/C15H19NO3/c1-19-15(18)13(10-11-6-3-2-4-7-11)16-14(17)12-8-5-9-12/h2-4,6-7,12-13H,5,8-10H2,1H3,(H,16,17)/t13-/m0/s1. The van der Waals surface area contributed by atoms with E-state index >= 15 is 0 Å². The van der Waals surface area contributed by atoms with Crippen molar-refractivity contribution < 1.29 is 14.3 Å². The van der Waals surface area contributed by atoms with Crippen molar-refractivity contribution in [2.45, 2.75) is 31.7 Å². The third-order valence-corrected chi connectivity index (χ3v) is 3.56. The van der Waals surface area contributed by atoms with E-state index in [9.17, 15) is 9.59 Å². The van der Waals surface area contributed by atoms with Crippen molar-refractivity contribution in [1.82, 2.24) is 5.32 Å². The molecule has 0 bridgehead atoms. The largest absolute Gasteiger partial charge is 0.467 e. The number of amides is 1. The van der Waals surface area contributed by atoms with Gasteiger partial charge in [-0.1, -0.05) is 36.8 Å². The molecule has 1 aromatic carbocycles. The van der Waals surface area contributed by atoms with Crippen LogP contribution in [-0.4, -0.2) is 25.0 Å². The van der Waals surface area contributed by atoms with E-state index in [0.717, 1.165) is 24.8 Å². The quantitative estimate of drug-likeness (QED) is 0.821. The highest BCUT2D eigenvalue weighted by Gasteiger charge is 2.29. The van der Waals surface area contributed by atoms with E-state index in [1.165, 1.54) is 7.11 Å². The van der Waals surface area contributed by atoms with Crippen LogP contribution in [0.3, 0.4) is 0 Å². The number of hydrogen-bond acceptors (Lipinski definition) is 3. The Bertz CT molecular complexity index is 440. The zero-order chi connectivity index (χ0) is 13.7. The Morgan fingerprint density at radius 2 is 2.00 bits per heavy atom. The molecule has 102 valence electrons. The van der Waals surface area contributed by atoms with Crippen molar-refractivity contribution in [3.8, 4) is 0 Å². The summed E-state index contributed by atoms with van der Waals surface area (Å²) in [6.07, 6.45) is 3.40. The molecule has 0 spiro atoms. The van der Waals surface area contributed by atoms with Crippen LogP contribution in [0.5, 0.6) is 0 Å². The Hall–Kier alpha value is -1.84. The van der Waals surface area contributed by atoms with Crippen LogP contribution >= 0.6 is 0 Å². The van der Waals surface area contributed by atoms with Crippen LogP contribution < -0.4 is 5.32 Å². The number of methoxy groups -OCH3 is 1. The summed E-state index contributed by atoms with van der Waals surface area (Å²) in [6.45, 7) is 0. The highest BCUT2D eigenvalue weighted by Crippen LogP contribution is 2.26. The van der Waals surface area contributed by atoms with Crippen LogP contribution in [0, 0.1) is 5.92 Å². The Morgan fingerprint density at radius 1 is 1.32 bits per heavy atom.